The standard InChI is InChI=1S/C14H21N5S2/c1-2-8-15-9-10-19-14(16-17-18-19)21-12-11-20-13-6-4-3-5-7-13/h3-7,15H,2,8-12H2,1H3. The fraction of sp³-hybridized carbons (Fsp3) is 0.500. The van der Waals surface area contributed by atoms with Crippen molar-refractivity contribution in [1.29, 1.82) is 0 Å². The second-order valence-electron chi connectivity index (χ2n) is 4.44. The highest BCUT2D eigenvalue weighted by Crippen LogP contribution is 2.21. The van der Waals surface area contributed by atoms with E-state index in [9.17, 15) is 0 Å². The van der Waals surface area contributed by atoms with E-state index >= 15 is 0 Å². The zero-order chi connectivity index (χ0) is 14.8. The van der Waals surface area contributed by atoms with Crippen molar-refractivity contribution in [3.05, 3.63) is 30.3 Å². The van der Waals surface area contributed by atoms with E-state index in [0.717, 1.165) is 42.7 Å². The molecular weight excluding hydrogens is 302 g/mol. The van der Waals surface area contributed by atoms with Gasteiger partial charge in [0.1, 0.15) is 0 Å². The van der Waals surface area contributed by atoms with E-state index in [-0.39, 0.29) is 0 Å². The van der Waals surface area contributed by atoms with Crippen molar-refractivity contribution in [2.45, 2.75) is 29.9 Å². The molecule has 7 heteroatoms. The zero-order valence-electron chi connectivity index (χ0n) is 12.2. The molecule has 0 atom stereocenters. The fourth-order valence-electron chi connectivity index (χ4n) is 1.74. The Labute approximate surface area is 134 Å². The van der Waals surface area contributed by atoms with Gasteiger partial charge in [0.05, 0.1) is 6.54 Å². The van der Waals surface area contributed by atoms with Crippen molar-refractivity contribution < 1.29 is 0 Å². The molecule has 0 unspecified atom stereocenters. The van der Waals surface area contributed by atoms with Crippen LogP contribution >= 0.6 is 23.5 Å². The van der Waals surface area contributed by atoms with Crippen LogP contribution in [-0.2, 0) is 6.54 Å². The molecule has 114 valence electrons. The molecule has 0 saturated heterocycles. The molecule has 0 fully saturated rings. The first-order valence-electron chi connectivity index (χ1n) is 7.17. The highest BCUT2D eigenvalue weighted by atomic mass is 32.2. The molecule has 0 aliphatic rings. The summed E-state index contributed by atoms with van der Waals surface area (Å²) in [5.74, 6) is 2.05. The molecule has 2 aromatic rings. The maximum atomic E-state index is 4.09. The van der Waals surface area contributed by atoms with Crippen molar-refractivity contribution >= 4 is 23.5 Å². The summed E-state index contributed by atoms with van der Waals surface area (Å²) in [6.45, 7) is 4.93. The molecule has 1 aromatic carbocycles. The van der Waals surface area contributed by atoms with Gasteiger partial charge in [-0.05, 0) is 35.5 Å². The van der Waals surface area contributed by atoms with Gasteiger partial charge in [-0.25, -0.2) is 4.68 Å². The van der Waals surface area contributed by atoms with Gasteiger partial charge in [-0.3, -0.25) is 0 Å². The summed E-state index contributed by atoms with van der Waals surface area (Å²) in [5, 5.41) is 16.2. The van der Waals surface area contributed by atoms with Gasteiger partial charge in [-0.2, -0.15) is 0 Å². The molecule has 1 N–H and O–H groups in total. The van der Waals surface area contributed by atoms with Crippen LogP contribution < -0.4 is 5.32 Å². The molecule has 1 aromatic heterocycles. The van der Waals surface area contributed by atoms with Crippen LogP contribution in [0.25, 0.3) is 0 Å². The van der Waals surface area contributed by atoms with Crippen LogP contribution in [0.1, 0.15) is 13.3 Å². The predicted octanol–water partition coefficient (Wildman–Crippen LogP) is 2.56. The number of hydrogen-bond acceptors (Lipinski definition) is 6. The van der Waals surface area contributed by atoms with Crippen LogP contribution in [0.5, 0.6) is 0 Å². The third-order valence-electron chi connectivity index (χ3n) is 2.75. The molecule has 0 aliphatic carbocycles. The van der Waals surface area contributed by atoms with Crippen LogP contribution in [0.4, 0.5) is 0 Å². The average molecular weight is 323 g/mol. The van der Waals surface area contributed by atoms with Gasteiger partial charge < -0.3 is 5.32 Å². The van der Waals surface area contributed by atoms with E-state index < -0.39 is 0 Å². The Hall–Kier alpha value is -1.05. The van der Waals surface area contributed by atoms with Crippen LogP contribution in [0, 0.1) is 0 Å². The van der Waals surface area contributed by atoms with Gasteiger partial charge in [0.25, 0.3) is 0 Å². The zero-order valence-corrected chi connectivity index (χ0v) is 13.9. The molecular formula is C14H21N5S2. The summed E-state index contributed by atoms with van der Waals surface area (Å²) in [5.41, 5.74) is 0. The van der Waals surface area contributed by atoms with Gasteiger partial charge >= 0.3 is 0 Å². The Bertz CT molecular complexity index is 503. The van der Waals surface area contributed by atoms with E-state index in [1.807, 2.05) is 22.5 Å². The Morgan fingerprint density at radius 1 is 1.10 bits per heavy atom. The monoisotopic (exact) mass is 323 g/mol. The van der Waals surface area contributed by atoms with E-state index in [1.54, 1.807) is 11.8 Å². The number of thioether (sulfide) groups is 2. The molecule has 0 aliphatic heterocycles. The molecule has 0 spiro atoms. The first-order valence-corrected chi connectivity index (χ1v) is 9.15. The number of nitrogens with zero attached hydrogens (tertiary/aromatic N) is 4. The molecule has 2 rings (SSSR count). The Morgan fingerprint density at radius 2 is 1.90 bits per heavy atom. The minimum Gasteiger partial charge on any atom is -0.315 e. The lowest BCUT2D eigenvalue weighted by Gasteiger charge is -2.05. The van der Waals surface area contributed by atoms with Crippen LogP contribution in [-0.4, -0.2) is 44.8 Å². The third kappa shape index (κ3) is 6.07. The summed E-state index contributed by atoms with van der Waals surface area (Å²) in [7, 11) is 0. The van der Waals surface area contributed by atoms with Gasteiger partial charge in [0.15, 0.2) is 0 Å². The lowest BCUT2D eigenvalue weighted by molar-refractivity contribution is 0.510. The maximum Gasteiger partial charge on any atom is 0.209 e. The van der Waals surface area contributed by atoms with Crippen LogP contribution in [0.3, 0.4) is 0 Å². The second kappa shape index (κ2) is 9.81. The third-order valence-corrected chi connectivity index (χ3v) is 4.98. The predicted molar refractivity (Wildman–Crippen MR) is 88.9 cm³/mol. The molecule has 0 amide bonds. The van der Waals surface area contributed by atoms with E-state index in [4.69, 9.17) is 0 Å². The summed E-state index contributed by atoms with van der Waals surface area (Å²) < 4.78 is 1.88. The Kier molecular flexibility index (Phi) is 7.62. The van der Waals surface area contributed by atoms with Crippen LogP contribution in [0.2, 0.25) is 0 Å². The first-order chi connectivity index (χ1) is 10.4. The summed E-state index contributed by atoms with van der Waals surface area (Å²) in [6, 6.07) is 10.5. The van der Waals surface area contributed by atoms with E-state index in [2.05, 4.69) is 52.0 Å². The van der Waals surface area contributed by atoms with Crippen molar-refractivity contribution in [3.63, 3.8) is 0 Å². The topological polar surface area (TPSA) is 55.6 Å². The quantitative estimate of drug-likeness (QED) is 0.536. The minimum atomic E-state index is 0.821. The van der Waals surface area contributed by atoms with Gasteiger partial charge in [0.2, 0.25) is 5.16 Å². The van der Waals surface area contributed by atoms with Crippen molar-refractivity contribution in [3.8, 4) is 0 Å². The molecule has 0 saturated carbocycles. The Morgan fingerprint density at radius 3 is 2.71 bits per heavy atom. The SMILES string of the molecule is CCCNCCn1nnnc1SCCSc1ccccc1. The van der Waals surface area contributed by atoms with Crippen molar-refractivity contribution in [2.24, 2.45) is 0 Å². The lowest BCUT2D eigenvalue weighted by atomic mass is 10.4. The Balaban J connectivity index is 1.67. The highest BCUT2D eigenvalue weighted by Gasteiger charge is 2.06. The van der Waals surface area contributed by atoms with Gasteiger partial charge in [0, 0.05) is 22.9 Å². The van der Waals surface area contributed by atoms with Gasteiger partial charge in [-0.15, -0.1) is 16.9 Å². The largest absolute Gasteiger partial charge is 0.315 e. The van der Waals surface area contributed by atoms with Crippen molar-refractivity contribution in [2.75, 3.05) is 24.6 Å². The van der Waals surface area contributed by atoms with Crippen molar-refractivity contribution in [1.82, 2.24) is 25.5 Å². The van der Waals surface area contributed by atoms with E-state index in [0.29, 0.717) is 0 Å². The molecule has 5 nitrogen and oxygen atoms in total. The summed E-state index contributed by atoms with van der Waals surface area (Å²) >= 11 is 3.58. The summed E-state index contributed by atoms with van der Waals surface area (Å²) in [4.78, 5) is 1.31. The number of benzene rings is 1. The summed E-state index contributed by atoms with van der Waals surface area (Å²) in [6.07, 6.45) is 1.15. The molecule has 1 heterocycles. The van der Waals surface area contributed by atoms with Gasteiger partial charge in [-0.1, -0.05) is 36.9 Å². The first kappa shape index (κ1) is 16.3. The minimum absolute atomic E-state index is 0.821. The second-order valence-corrected chi connectivity index (χ2v) is 6.67. The van der Waals surface area contributed by atoms with Crippen LogP contribution in [0.15, 0.2) is 40.4 Å². The normalized spacial score (nSPS) is 10.9. The number of aromatic nitrogens is 4. The molecule has 0 radical (unpaired) electrons. The van der Waals surface area contributed by atoms with E-state index in [1.165, 1.54) is 4.90 Å². The average Bonchev–Trinajstić information content (AvgIpc) is 2.97. The highest BCUT2D eigenvalue weighted by molar-refractivity contribution is 8.02. The smallest absolute Gasteiger partial charge is 0.209 e. The molecule has 21 heavy (non-hydrogen) atoms. The maximum absolute atomic E-state index is 4.09. The number of rotatable bonds is 10. The number of nitrogens with one attached hydrogen (secondary N) is 1. The fourth-order valence-corrected chi connectivity index (χ4v) is 3.54. The molecule has 0 bridgehead atoms. The lowest BCUT2D eigenvalue weighted by Crippen LogP contribution is -2.21. The number of tetrazole rings is 1. The number of hydrogen-bond donors (Lipinski definition) is 1.